The number of benzene rings is 3. The van der Waals surface area contributed by atoms with E-state index in [1.54, 1.807) is 24.3 Å². The van der Waals surface area contributed by atoms with Crippen molar-refractivity contribution in [3.63, 3.8) is 0 Å². The summed E-state index contributed by atoms with van der Waals surface area (Å²) in [5.74, 6) is -1.32. The van der Waals surface area contributed by atoms with Gasteiger partial charge in [-0.3, -0.25) is 9.59 Å². The molecule has 4 nitrogen and oxygen atoms in total. The summed E-state index contributed by atoms with van der Waals surface area (Å²) in [6.45, 7) is 0. The van der Waals surface area contributed by atoms with Gasteiger partial charge in [-0.05, 0) is 64.5 Å². The number of amides is 1. The molecule has 3 rings (SSSR count). The van der Waals surface area contributed by atoms with Gasteiger partial charge >= 0.3 is 0 Å². The molecule has 0 saturated heterocycles. The maximum absolute atomic E-state index is 12.8. The molecule has 9 heteroatoms. The van der Waals surface area contributed by atoms with Crippen LogP contribution >= 0.6 is 62.3 Å². The lowest BCUT2D eigenvalue weighted by Crippen LogP contribution is -2.14. The number of halogens is 5. The normalized spacial score (nSPS) is 10.7. The Labute approximate surface area is 194 Å². The third-order valence-corrected chi connectivity index (χ3v) is 5.63. The third kappa shape index (κ3) is 4.87. The zero-order chi connectivity index (χ0) is 21.3. The lowest BCUT2D eigenvalue weighted by atomic mass is 10.0. The van der Waals surface area contributed by atoms with Gasteiger partial charge in [0.15, 0.2) is 5.78 Å². The van der Waals surface area contributed by atoms with E-state index in [2.05, 4.69) is 21.2 Å². The quantitative estimate of drug-likeness (QED) is 0.347. The molecule has 0 aliphatic carbocycles. The molecule has 2 N–H and O–H groups in total. The van der Waals surface area contributed by atoms with Crippen molar-refractivity contribution in [2.24, 2.45) is 0 Å². The van der Waals surface area contributed by atoms with Gasteiger partial charge in [-0.15, -0.1) is 0 Å². The number of anilines is 1. The first-order valence-corrected chi connectivity index (χ1v) is 10.3. The maximum atomic E-state index is 12.8. The average Bonchev–Trinajstić information content (AvgIpc) is 2.66. The van der Waals surface area contributed by atoms with Crippen LogP contribution in [-0.2, 0) is 0 Å². The Morgan fingerprint density at radius 3 is 2.14 bits per heavy atom. The van der Waals surface area contributed by atoms with E-state index in [1.807, 2.05) is 0 Å². The molecule has 0 unspecified atom stereocenters. The van der Waals surface area contributed by atoms with Gasteiger partial charge in [-0.1, -0.05) is 46.4 Å². The van der Waals surface area contributed by atoms with Gasteiger partial charge in [0.05, 0.1) is 25.8 Å². The second-order valence-electron chi connectivity index (χ2n) is 5.89. The second-order valence-corrected chi connectivity index (χ2v) is 8.43. The fourth-order valence-corrected chi connectivity index (χ4v) is 3.96. The molecule has 0 heterocycles. The average molecular weight is 534 g/mol. The van der Waals surface area contributed by atoms with Crippen LogP contribution in [0.15, 0.2) is 53.0 Å². The van der Waals surface area contributed by atoms with E-state index in [9.17, 15) is 14.7 Å². The van der Waals surface area contributed by atoms with E-state index in [-0.39, 0.29) is 47.9 Å². The van der Waals surface area contributed by atoms with Gasteiger partial charge < -0.3 is 10.4 Å². The van der Waals surface area contributed by atoms with E-state index < -0.39 is 5.91 Å². The summed E-state index contributed by atoms with van der Waals surface area (Å²) in [7, 11) is 0. The molecule has 3 aromatic rings. The number of ketones is 1. The molecule has 0 aromatic heterocycles. The number of hydrogen-bond donors (Lipinski definition) is 2. The SMILES string of the molecule is O=C(c1ccc(Cl)cc1)c1cc(NC(=O)c2cc(Cl)cc(Br)c2O)c(Cl)cc1Cl. The number of aromatic hydroxyl groups is 1. The smallest absolute Gasteiger partial charge is 0.259 e. The predicted octanol–water partition coefficient (Wildman–Crippen LogP) is 7.25. The van der Waals surface area contributed by atoms with Crippen molar-refractivity contribution in [1.29, 1.82) is 0 Å². The van der Waals surface area contributed by atoms with Gasteiger partial charge in [0.2, 0.25) is 0 Å². The van der Waals surface area contributed by atoms with Crippen molar-refractivity contribution >= 4 is 79.7 Å². The number of hydrogen-bond acceptors (Lipinski definition) is 3. The van der Waals surface area contributed by atoms with E-state index in [1.165, 1.54) is 24.3 Å². The first-order valence-electron chi connectivity index (χ1n) is 7.96. The third-order valence-electron chi connectivity index (χ3n) is 3.93. The van der Waals surface area contributed by atoms with Crippen LogP contribution in [0.4, 0.5) is 5.69 Å². The summed E-state index contributed by atoms with van der Waals surface area (Å²) < 4.78 is 0.260. The van der Waals surface area contributed by atoms with Crippen LogP contribution in [0.2, 0.25) is 20.1 Å². The van der Waals surface area contributed by atoms with Crippen LogP contribution in [0, 0.1) is 0 Å². The van der Waals surface area contributed by atoms with Crippen molar-refractivity contribution in [1.82, 2.24) is 0 Å². The summed E-state index contributed by atoms with van der Waals surface area (Å²) in [6.07, 6.45) is 0. The molecule has 29 heavy (non-hydrogen) atoms. The fourth-order valence-electron chi connectivity index (χ4n) is 2.50. The van der Waals surface area contributed by atoms with Crippen LogP contribution < -0.4 is 5.32 Å². The van der Waals surface area contributed by atoms with Gasteiger partial charge in [0.25, 0.3) is 5.91 Å². The summed E-state index contributed by atoms with van der Waals surface area (Å²) in [5.41, 5.74) is 0.590. The molecule has 0 bridgehead atoms. The monoisotopic (exact) mass is 531 g/mol. The highest BCUT2D eigenvalue weighted by molar-refractivity contribution is 9.10. The molecule has 0 radical (unpaired) electrons. The topological polar surface area (TPSA) is 66.4 Å². The molecular formula is C20H10BrCl4NO3. The minimum atomic E-state index is -0.667. The summed E-state index contributed by atoms with van der Waals surface area (Å²) >= 11 is 27.3. The summed E-state index contributed by atoms with van der Waals surface area (Å²) in [4.78, 5) is 25.4. The van der Waals surface area contributed by atoms with Gasteiger partial charge in [0.1, 0.15) is 5.75 Å². The predicted molar refractivity (Wildman–Crippen MR) is 120 cm³/mol. The number of carbonyl (C=O) groups is 2. The van der Waals surface area contributed by atoms with Crippen LogP contribution in [0.25, 0.3) is 0 Å². The minimum Gasteiger partial charge on any atom is -0.506 e. The zero-order valence-corrected chi connectivity index (χ0v) is 18.9. The van der Waals surface area contributed by atoms with Gasteiger partial charge in [-0.2, -0.15) is 0 Å². The number of phenols is 1. The van der Waals surface area contributed by atoms with Crippen LogP contribution in [0.3, 0.4) is 0 Å². The Bertz CT molecular complexity index is 1130. The Morgan fingerprint density at radius 2 is 1.48 bits per heavy atom. The largest absolute Gasteiger partial charge is 0.506 e. The van der Waals surface area contributed by atoms with E-state index in [4.69, 9.17) is 46.4 Å². The molecule has 0 spiro atoms. The molecule has 1 amide bonds. The summed E-state index contributed by atoms with van der Waals surface area (Å²) in [6, 6.07) is 11.8. The first-order chi connectivity index (χ1) is 13.7. The Balaban J connectivity index is 1.97. The molecule has 3 aromatic carbocycles. The first kappa shape index (κ1) is 21.9. The number of rotatable bonds is 4. The maximum Gasteiger partial charge on any atom is 0.259 e. The van der Waals surface area contributed by atoms with Crippen LogP contribution in [0.1, 0.15) is 26.3 Å². The minimum absolute atomic E-state index is 0.0685. The van der Waals surface area contributed by atoms with Crippen molar-refractivity contribution in [2.45, 2.75) is 0 Å². The van der Waals surface area contributed by atoms with Gasteiger partial charge in [0, 0.05) is 21.2 Å². The van der Waals surface area contributed by atoms with Gasteiger partial charge in [-0.25, -0.2) is 0 Å². The molecule has 0 fully saturated rings. The van der Waals surface area contributed by atoms with Crippen molar-refractivity contribution in [3.8, 4) is 5.75 Å². The second kappa shape index (κ2) is 8.94. The van der Waals surface area contributed by atoms with Crippen molar-refractivity contribution in [2.75, 3.05) is 5.32 Å². The number of nitrogens with one attached hydrogen (secondary N) is 1. The lowest BCUT2D eigenvalue weighted by Gasteiger charge is -2.12. The van der Waals surface area contributed by atoms with E-state index in [0.29, 0.717) is 10.6 Å². The Morgan fingerprint density at radius 1 is 0.828 bits per heavy atom. The highest BCUT2D eigenvalue weighted by Crippen LogP contribution is 2.34. The van der Waals surface area contributed by atoms with Crippen LogP contribution in [0.5, 0.6) is 5.75 Å². The highest BCUT2D eigenvalue weighted by atomic mass is 79.9. The molecule has 0 saturated carbocycles. The van der Waals surface area contributed by atoms with Crippen LogP contribution in [-0.4, -0.2) is 16.8 Å². The molecule has 0 aliphatic rings. The lowest BCUT2D eigenvalue weighted by molar-refractivity contribution is 0.101. The van der Waals surface area contributed by atoms with E-state index in [0.717, 1.165) is 0 Å². The molecule has 0 atom stereocenters. The van der Waals surface area contributed by atoms with Crippen molar-refractivity contribution < 1.29 is 14.7 Å². The number of phenolic OH excluding ortho intramolecular Hbond substituents is 1. The van der Waals surface area contributed by atoms with E-state index >= 15 is 0 Å². The summed E-state index contributed by atoms with van der Waals surface area (Å²) in [5, 5.41) is 13.7. The molecular weight excluding hydrogens is 524 g/mol. The molecule has 0 aliphatic heterocycles. The fraction of sp³-hybridized carbons (Fsp3) is 0. The standard InChI is InChI=1S/C20H10BrCl4NO3/c21-14-6-11(23)5-13(19(14)28)20(29)26-17-7-12(15(24)8-16(17)25)18(27)9-1-3-10(22)4-2-9/h1-8,28H,(H,26,29). The molecule has 148 valence electrons. The Kier molecular flexibility index (Phi) is 6.76. The highest BCUT2D eigenvalue weighted by Gasteiger charge is 2.20. The van der Waals surface area contributed by atoms with Crippen molar-refractivity contribution in [3.05, 3.63) is 89.8 Å². The number of carbonyl (C=O) groups excluding carboxylic acids is 2. The zero-order valence-electron chi connectivity index (χ0n) is 14.3. The Hall–Kier alpha value is -1.76.